The van der Waals surface area contributed by atoms with Gasteiger partial charge in [0.05, 0.1) is 16.8 Å². The number of hydrogen-bond donors (Lipinski definition) is 0. The van der Waals surface area contributed by atoms with Gasteiger partial charge in [-0.2, -0.15) is 0 Å². The first-order valence-electron chi connectivity index (χ1n) is 26.9. The van der Waals surface area contributed by atoms with E-state index in [4.69, 9.17) is 0 Å². The predicted molar refractivity (Wildman–Crippen MR) is 318 cm³/mol. The van der Waals surface area contributed by atoms with E-state index in [1.807, 2.05) is 0 Å². The Balaban J connectivity index is 1.00. The van der Waals surface area contributed by atoms with Crippen molar-refractivity contribution in [2.24, 2.45) is 0 Å². The zero-order valence-corrected chi connectivity index (χ0v) is 44.3. The van der Waals surface area contributed by atoms with Crippen LogP contribution in [0.3, 0.4) is 0 Å². The Kier molecular flexibility index (Phi) is 9.75. The molecule has 0 saturated carbocycles. The third kappa shape index (κ3) is 6.50. The third-order valence-corrected chi connectivity index (χ3v) is 17.4. The van der Waals surface area contributed by atoms with Crippen LogP contribution in [0, 0.1) is 0 Å². The molecular formula is C74H61N. The van der Waals surface area contributed by atoms with Crippen molar-refractivity contribution in [3.8, 4) is 55.6 Å². The molecule has 75 heavy (non-hydrogen) atoms. The lowest BCUT2D eigenvalue weighted by atomic mass is 9.67. The first-order chi connectivity index (χ1) is 36.2. The summed E-state index contributed by atoms with van der Waals surface area (Å²) in [4.78, 5) is 2.53. The summed E-state index contributed by atoms with van der Waals surface area (Å²) in [5.74, 6) is 0. The molecule has 11 aromatic carbocycles. The maximum Gasteiger partial charge on any atom is 0.0731 e. The zero-order valence-electron chi connectivity index (χ0n) is 44.3. The van der Waals surface area contributed by atoms with E-state index < -0.39 is 5.41 Å². The largest absolute Gasteiger partial charge is 0.309 e. The van der Waals surface area contributed by atoms with Gasteiger partial charge in [0, 0.05) is 22.1 Å². The van der Waals surface area contributed by atoms with E-state index in [1.54, 1.807) is 0 Å². The fourth-order valence-corrected chi connectivity index (χ4v) is 13.7. The lowest BCUT2D eigenvalue weighted by molar-refractivity contribution is 0.586. The number of anilines is 3. The van der Waals surface area contributed by atoms with Crippen LogP contribution < -0.4 is 4.90 Å². The molecule has 0 saturated heterocycles. The number of rotatable bonds is 5. The minimum atomic E-state index is -0.520. The molecule has 14 rings (SSSR count). The Morgan fingerprint density at radius 1 is 0.333 bits per heavy atom. The average molecular weight is 964 g/mol. The van der Waals surface area contributed by atoms with Gasteiger partial charge in [-0.1, -0.05) is 256 Å². The van der Waals surface area contributed by atoms with Crippen LogP contribution in [0.1, 0.15) is 99.9 Å². The molecule has 11 aromatic rings. The molecular weight excluding hydrogens is 903 g/mol. The van der Waals surface area contributed by atoms with E-state index in [0.29, 0.717) is 0 Å². The first-order valence-corrected chi connectivity index (χ1v) is 26.9. The molecule has 0 heterocycles. The normalized spacial score (nSPS) is 14.3. The Labute approximate surface area is 442 Å². The van der Waals surface area contributed by atoms with Gasteiger partial charge in [-0.3, -0.25) is 0 Å². The van der Waals surface area contributed by atoms with Crippen molar-refractivity contribution in [3.63, 3.8) is 0 Å². The topological polar surface area (TPSA) is 3.24 Å². The van der Waals surface area contributed by atoms with Gasteiger partial charge in [0.2, 0.25) is 0 Å². The molecule has 0 N–H and O–H groups in total. The second-order valence-electron chi connectivity index (χ2n) is 24.0. The number of hydrogen-bond acceptors (Lipinski definition) is 1. The van der Waals surface area contributed by atoms with Gasteiger partial charge in [-0.15, -0.1) is 0 Å². The average Bonchev–Trinajstić information content (AvgIpc) is 4.23. The summed E-state index contributed by atoms with van der Waals surface area (Å²) in [7, 11) is 0. The van der Waals surface area contributed by atoms with Crippen LogP contribution in [0.25, 0.3) is 77.2 Å². The van der Waals surface area contributed by atoms with Crippen molar-refractivity contribution < 1.29 is 0 Å². The second-order valence-corrected chi connectivity index (χ2v) is 24.0. The molecule has 1 heteroatoms. The molecule has 0 radical (unpaired) electrons. The molecule has 3 aliphatic rings. The summed E-state index contributed by atoms with van der Waals surface area (Å²) in [6, 6.07) is 85.8. The van der Waals surface area contributed by atoms with Gasteiger partial charge in [0.25, 0.3) is 0 Å². The molecule has 0 bridgehead atoms. The summed E-state index contributed by atoms with van der Waals surface area (Å²) in [5, 5.41) is 4.95. The summed E-state index contributed by atoms with van der Waals surface area (Å²) < 4.78 is 0. The van der Waals surface area contributed by atoms with Crippen molar-refractivity contribution in [2.45, 2.75) is 77.0 Å². The van der Waals surface area contributed by atoms with Crippen LogP contribution in [0.15, 0.2) is 224 Å². The molecule has 1 nitrogen and oxygen atoms in total. The van der Waals surface area contributed by atoms with Gasteiger partial charge >= 0.3 is 0 Å². The summed E-state index contributed by atoms with van der Waals surface area (Å²) in [6.07, 6.45) is 0. The molecule has 0 atom stereocenters. The fourth-order valence-electron chi connectivity index (χ4n) is 13.7. The van der Waals surface area contributed by atoms with Gasteiger partial charge in [-0.25, -0.2) is 0 Å². The second kappa shape index (κ2) is 16.1. The number of nitrogens with zero attached hydrogens (tertiary/aromatic N) is 1. The molecule has 3 aliphatic carbocycles. The highest BCUT2D eigenvalue weighted by atomic mass is 15.1. The van der Waals surface area contributed by atoms with Crippen LogP contribution in [0.4, 0.5) is 17.1 Å². The van der Waals surface area contributed by atoms with Crippen molar-refractivity contribution >= 4 is 38.6 Å². The third-order valence-electron chi connectivity index (χ3n) is 17.4. The summed E-state index contributed by atoms with van der Waals surface area (Å²) >= 11 is 0. The van der Waals surface area contributed by atoms with E-state index in [-0.39, 0.29) is 16.2 Å². The Morgan fingerprint density at radius 2 is 0.853 bits per heavy atom. The molecule has 362 valence electrons. The fraction of sp³-hybridized carbons (Fsp3) is 0.162. The van der Waals surface area contributed by atoms with Gasteiger partial charge in [0.15, 0.2) is 0 Å². The standard InChI is InChI=1S/C74H61N/c1-71(2,3)48-37-42-55-56-43-38-49(72(4,5)6)45-66(56)74(65(55)44-48)63-30-15-11-22-54(63)60-28-17-25-52(70(60)74)47-34-39-50(40-35-47)75(68-33-19-26-53-51-21-10-9-20-46(51)36-41-58(53)68)67-32-16-13-23-57(67)59-27-18-31-64-69(59)61-24-12-14-29-62(61)73(64,7)8/h9-45H,1-8H3. The zero-order chi connectivity index (χ0) is 51.2. The predicted octanol–water partition coefficient (Wildman–Crippen LogP) is 20.0. The van der Waals surface area contributed by atoms with E-state index >= 15 is 0 Å². The maximum absolute atomic E-state index is 2.56. The first kappa shape index (κ1) is 45.4. The smallest absolute Gasteiger partial charge is 0.0731 e. The van der Waals surface area contributed by atoms with Crippen LogP contribution in [-0.4, -0.2) is 0 Å². The minimum Gasteiger partial charge on any atom is -0.309 e. The van der Waals surface area contributed by atoms with Crippen molar-refractivity contribution in [3.05, 3.63) is 269 Å². The summed E-state index contributed by atoms with van der Waals surface area (Å²) in [6.45, 7) is 18.8. The van der Waals surface area contributed by atoms with Crippen LogP contribution >= 0.6 is 0 Å². The van der Waals surface area contributed by atoms with E-state index in [9.17, 15) is 0 Å². The monoisotopic (exact) mass is 963 g/mol. The van der Waals surface area contributed by atoms with E-state index in [1.165, 1.54) is 122 Å². The van der Waals surface area contributed by atoms with Crippen LogP contribution in [0.5, 0.6) is 0 Å². The molecule has 0 fully saturated rings. The van der Waals surface area contributed by atoms with Crippen molar-refractivity contribution in [2.75, 3.05) is 4.90 Å². The number of benzene rings is 11. The quantitative estimate of drug-likeness (QED) is 0.155. The molecule has 0 amide bonds. The highest BCUT2D eigenvalue weighted by Gasteiger charge is 2.53. The molecule has 0 aromatic heterocycles. The number of para-hydroxylation sites is 1. The SMILES string of the molecule is CC(C)(C)c1ccc2c(c1)C1(c3cc(C(C)(C)C)ccc3-2)c2ccccc2-c2cccc(-c3ccc(N(c4ccccc4-c4cccc5c4-c4ccccc4C5(C)C)c4cccc5c4ccc4ccccc45)cc3)c21. The number of fused-ring (bicyclic) bond motifs is 16. The maximum atomic E-state index is 2.56. The van der Waals surface area contributed by atoms with E-state index in [0.717, 1.165) is 17.1 Å². The van der Waals surface area contributed by atoms with Crippen LogP contribution in [-0.2, 0) is 21.7 Å². The van der Waals surface area contributed by atoms with Gasteiger partial charge < -0.3 is 4.90 Å². The minimum absolute atomic E-state index is 0.0266. The Bertz CT molecular complexity index is 4100. The summed E-state index contributed by atoms with van der Waals surface area (Å²) in [5.41, 5.74) is 26.5. The highest BCUT2D eigenvalue weighted by molar-refractivity contribution is 6.13. The lowest BCUT2D eigenvalue weighted by Gasteiger charge is -2.34. The van der Waals surface area contributed by atoms with Crippen molar-refractivity contribution in [1.82, 2.24) is 0 Å². The van der Waals surface area contributed by atoms with E-state index in [2.05, 4.69) is 285 Å². The Morgan fingerprint density at radius 3 is 1.57 bits per heavy atom. The highest BCUT2D eigenvalue weighted by Crippen LogP contribution is 2.65. The molecule has 0 unspecified atom stereocenters. The molecule has 1 spiro atoms. The lowest BCUT2D eigenvalue weighted by Crippen LogP contribution is -2.28. The van der Waals surface area contributed by atoms with Crippen LogP contribution in [0.2, 0.25) is 0 Å². The van der Waals surface area contributed by atoms with Gasteiger partial charge in [0.1, 0.15) is 0 Å². The van der Waals surface area contributed by atoms with Gasteiger partial charge in [-0.05, 0) is 146 Å². The Hall–Kier alpha value is -8.26. The van der Waals surface area contributed by atoms with Crippen molar-refractivity contribution in [1.29, 1.82) is 0 Å². The molecule has 0 aliphatic heterocycles.